The highest BCUT2D eigenvalue weighted by molar-refractivity contribution is 6.74. The zero-order chi connectivity index (χ0) is 20.0. The average molecular weight is 387 g/mol. The third kappa shape index (κ3) is 7.66. The van der Waals surface area contributed by atoms with Gasteiger partial charge in [-0.15, -0.1) is 0 Å². The lowest BCUT2D eigenvalue weighted by atomic mass is 10.0. The zero-order valence-corrected chi connectivity index (χ0v) is 18.0. The number of benzene rings is 1. The van der Waals surface area contributed by atoms with Gasteiger partial charge in [0.2, 0.25) is 0 Å². The average Bonchev–Trinajstić information content (AvgIpc) is 2.51. The molecule has 0 saturated carbocycles. The van der Waals surface area contributed by atoms with Gasteiger partial charge in [0.1, 0.15) is 0 Å². The van der Waals surface area contributed by atoms with Crippen LogP contribution in [0.25, 0.3) is 0 Å². The number of halogens is 3. The first-order valence-corrected chi connectivity index (χ1v) is 12.2. The minimum absolute atomic E-state index is 0.230. The van der Waals surface area contributed by atoms with Crippen LogP contribution >= 0.6 is 0 Å². The largest absolute Gasteiger partial charge is 0.417 e. The first-order chi connectivity index (χ1) is 11.8. The quantitative estimate of drug-likeness (QED) is 0.257. The number of hydrogen-bond donors (Lipinski definition) is 0. The van der Waals surface area contributed by atoms with Crippen LogP contribution in [-0.4, -0.2) is 14.9 Å². The molecule has 0 aliphatic heterocycles. The molecule has 0 aromatic heterocycles. The minimum Gasteiger partial charge on any atom is -0.417 e. The molecule has 0 heterocycles. The van der Waals surface area contributed by atoms with E-state index in [1.807, 2.05) is 13.0 Å². The van der Waals surface area contributed by atoms with Gasteiger partial charge in [-0.05, 0) is 62.4 Å². The van der Waals surface area contributed by atoms with E-state index in [0.29, 0.717) is 12.0 Å². The fourth-order valence-corrected chi connectivity index (χ4v) is 3.41. The van der Waals surface area contributed by atoms with Crippen LogP contribution in [0.2, 0.25) is 18.1 Å². The second kappa shape index (κ2) is 9.22. The molecule has 0 radical (unpaired) electrons. The maximum Gasteiger partial charge on any atom is 0.416 e. The summed E-state index contributed by atoms with van der Waals surface area (Å²) in [5.41, 5.74) is 1.33. The Morgan fingerprint density at radius 3 is 2.35 bits per heavy atom. The second-order valence-electron chi connectivity index (χ2n) is 8.52. The molecule has 0 atom stereocenters. The van der Waals surface area contributed by atoms with Gasteiger partial charge in [0.15, 0.2) is 8.32 Å². The van der Waals surface area contributed by atoms with Crippen molar-refractivity contribution in [3.8, 4) is 0 Å². The van der Waals surface area contributed by atoms with Crippen LogP contribution in [0.5, 0.6) is 0 Å². The van der Waals surface area contributed by atoms with Crippen LogP contribution < -0.4 is 0 Å². The Kier molecular flexibility index (Phi) is 8.15. The van der Waals surface area contributed by atoms with Crippen LogP contribution in [0, 0.1) is 0 Å². The number of hydrogen-bond acceptors (Lipinski definition) is 1. The minimum atomic E-state index is -4.28. The van der Waals surface area contributed by atoms with Crippen molar-refractivity contribution in [2.24, 2.45) is 0 Å². The number of rotatable bonds is 8. The molecule has 0 fully saturated rings. The highest BCUT2D eigenvalue weighted by Crippen LogP contribution is 2.36. The van der Waals surface area contributed by atoms with Gasteiger partial charge in [-0.1, -0.05) is 50.6 Å². The lowest BCUT2D eigenvalue weighted by molar-refractivity contribution is -0.137. The maximum atomic E-state index is 12.7. The molecule has 0 spiro atoms. The Hall–Kier alpha value is -1.07. The van der Waals surface area contributed by atoms with Crippen LogP contribution in [0.1, 0.15) is 58.1 Å². The summed E-state index contributed by atoms with van der Waals surface area (Å²) >= 11 is 0. The van der Waals surface area contributed by atoms with Crippen molar-refractivity contribution >= 4 is 8.32 Å². The molecule has 0 bridgehead atoms. The fourth-order valence-electron chi connectivity index (χ4n) is 2.32. The summed E-state index contributed by atoms with van der Waals surface area (Å²) in [6.07, 6.45) is 1.31. The Balaban J connectivity index is 2.39. The van der Waals surface area contributed by atoms with E-state index in [1.54, 1.807) is 6.07 Å². The van der Waals surface area contributed by atoms with Crippen molar-refractivity contribution in [1.82, 2.24) is 0 Å². The third-order valence-corrected chi connectivity index (χ3v) is 9.71. The fraction of sp³-hybridized carbons (Fsp3) is 0.619. The van der Waals surface area contributed by atoms with Gasteiger partial charge in [-0.3, -0.25) is 0 Å². The summed E-state index contributed by atoms with van der Waals surface area (Å²) < 4.78 is 44.4. The maximum absolute atomic E-state index is 12.7. The Morgan fingerprint density at radius 1 is 1.12 bits per heavy atom. The molecule has 0 N–H and O–H groups in total. The second-order valence-corrected chi connectivity index (χ2v) is 13.3. The highest BCUT2D eigenvalue weighted by Gasteiger charge is 2.36. The van der Waals surface area contributed by atoms with Gasteiger partial charge in [0, 0.05) is 6.61 Å². The van der Waals surface area contributed by atoms with Crippen LogP contribution in [-0.2, 0) is 17.0 Å². The summed E-state index contributed by atoms with van der Waals surface area (Å²) in [7, 11) is -1.67. The third-order valence-electron chi connectivity index (χ3n) is 5.18. The SMILES string of the molecule is C/C(=C\Cc1cccc(C(F)(F)F)c1)CCCCO[Si](C)(C)C(C)(C)C. The summed E-state index contributed by atoms with van der Waals surface area (Å²) in [5.74, 6) is 0. The van der Waals surface area contributed by atoms with Crippen molar-refractivity contribution < 1.29 is 17.6 Å². The molecule has 0 unspecified atom stereocenters. The number of alkyl halides is 3. The molecule has 1 nitrogen and oxygen atoms in total. The van der Waals surface area contributed by atoms with E-state index in [-0.39, 0.29) is 5.04 Å². The molecule has 0 amide bonds. The van der Waals surface area contributed by atoms with Crippen LogP contribution in [0.3, 0.4) is 0 Å². The highest BCUT2D eigenvalue weighted by atomic mass is 28.4. The van der Waals surface area contributed by atoms with E-state index in [0.717, 1.165) is 31.9 Å². The summed E-state index contributed by atoms with van der Waals surface area (Å²) in [4.78, 5) is 0. The molecular formula is C21H33F3OSi. The first-order valence-electron chi connectivity index (χ1n) is 9.29. The molecular weight excluding hydrogens is 353 g/mol. The van der Waals surface area contributed by atoms with Crippen LogP contribution in [0.4, 0.5) is 13.2 Å². The van der Waals surface area contributed by atoms with Crippen molar-refractivity contribution in [3.63, 3.8) is 0 Å². The molecule has 1 aromatic carbocycles. The van der Waals surface area contributed by atoms with Crippen molar-refractivity contribution in [3.05, 3.63) is 47.0 Å². The predicted molar refractivity (Wildman–Crippen MR) is 106 cm³/mol. The van der Waals surface area contributed by atoms with Gasteiger partial charge in [-0.25, -0.2) is 0 Å². The van der Waals surface area contributed by atoms with Crippen molar-refractivity contribution in [1.29, 1.82) is 0 Å². The predicted octanol–water partition coefficient (Wildman–Crippen LogP) is 7.39. The topological polar surface area (TPSA) is 9.23 Å². The van der Waals surface area contributed by atoms with Crippen molar-refractivity contribution in [2.75, 3.05) is 6.61 Å². The molecule has 5 heteroatoms. The Bertz CT molecular complexity index is 598. The van der Waals surface area contributed by atoms with Gasteiger partial charge >= 0.3 is 6.18 Å². The van der Waals surface area contributed by atoms with Gasteiger partial charge in [0.05, 0.1) is 5.56 Å². The monoisotopic (exact) mass is 386 g/mol. The smallest absolute Gasteiger partial charge is 0.416 e. The van der Waals surface area contributed by atoms with E-state index in [4.69, 9.17) is 4.43 Å². The lowest BCUT2D eigenvalue weighted by Crippen LogP contribution is -2.40. The lowest BCUT2D eigenvalue weighted by Gasteiger charge is -2.36. The summed E-state index contributed by atoms with van der Waals surface area (Å²) in [6.45, 7) is 14.1. The summed E-state index contributed by atoms with van der Waals surface area (Å²) in [5, 5.41) is 0.230. The molecule has 0 aliphatic rings. The normalized spacial score (nSPS) is 14.0. The molecule has 0 saturated heterocycles. The summed E-state index contributed by atoms with van der Waals surface area (Å²) in [6, 6.07) is 5.56. The first kappa shape index (κ1) is 23.0. The molecule has 1 aromatic rings. The Labute approximate surface area is 157 Å². The zero-order valence-electron chi connectivity index (χ0n) is 17.0. The van der Waals surface area contributed by atoms with Gasteiger partial charge < -0.3 is 4.43 Å². The number of unbranched alkanes of at least 4 members (excludes halogenated alkanes) is 1. The van der Waals surface area contributed by atoms with E-state index < -0.39 is 20.1 Å². The van der Waals surface area contributed by atoms with E-state index in [2.05, 4.69) is 33.9 Å². The molecule has 26 heavy (non-hydrogen) atoms. The Morgan fingerprint density at radius 2 is 1.77 bits per heavy atom. The van der Waals surface area contributed by atoms with Gasteiger partial charge in [-0.2, -0.15) is 13.2 Å². The van der Waals surface area contributed by atoms with E-state index in [1.165, 1.54) is 17.7 Å². The van der Waals surface area contributed by atoms with Gasteiger partial charge in [0.25, 0.3) is 0 Å². The van der Waals surface area contributed by atoms with E-state index >= 15 is 0 Å². The standard InChI is InChI=1S/C21H33F3OSi/c1-17(10-7-8-15-25-26(5,6)20(2,3)4)13-14-18-11-9-12-19(16-18)21(22,23)24/h9,11-13,16H,7-8,10,14-15H2,1-6H3/b17-13+. The molecule has 1 rings (SSSR count). The molecule has 148 valence electrons. The molecule has 0 aliphatic carbocycles. The van der Waals surface area contributed by atoms with Crippen molar-refractivity contribution in [2.45, 2.75) is 77.7 Å². The van der Waals surface area contributed by atoms with Crippen LogP contribution in [0.15, 0.2) is 35.9 Å². The number of allylic oxidation sites excluding steroid dienone is 2. The van der Waals surface area contributed by atoms with E-state index in [9.17, 15) is 13.2 Å².